The molecule has 2 rings (SSSR count). The molecule has 0 unspecified atom stereocenters. The molecule has 25 heavy (non-hydrogen) atoms. The number of hydrogen-bond acceptors (Lipinski definition) is 2. The Morgan fingerprint density at radius 2 is 1.84 bits per heavy atom. The zero-order valence-electron chi connectivity index (χ0n) is 17.4. The number of aliphatic hydroxyl groups excluding tert-OH is 1. The second kappa shape index (κ2) is 9.37. The van der Waals surface area contributed by atoms with Crippen LogP contribution in [0.15, 0.2) is 23.3 Å². The van der Waals surface area contributed by atoms with Crippen molar-refractivity contribution < 1.29 is 5.11 Å². The van der Waals surface area contributed by atoms with Crippen LogP contribution in [-0.4, -0.2) is 35.7 Å². The molecular formula is C23H41NO. The molecule has 0 spiro atoms. The summed E-state index contributed by atoms with van der Waals surface area (Å²) in [6, 6.07) is 0. The van der Waals surface area contributed by atoms with Crippen molar-refractivity contribution in [3.63, 3.8) is 0 Å². The Bertz CT molecular complexity index is 472. The number of piperidine rings is 1. The van der Waals surface area contributed by atoms with E-state index in [1.165, 1.54) is 63.7 Å². The Labute approximate surface area is 156 Å². The summed E-state index contributed by atoms with van der Waals surface area (Å²) in [7, 11) is 0. The van der Waals surface area contributed by atoms with Crippen LogP contribution in [0.2, 0.25) is 0 Å². The van der Waals surface area contributed by atoms with Crippen molar-refractivity contribution in [1.82, 2.24) is 4.90 Å². The average molecular weight is 348 g/mol. The molecule has 2 heteroatoms. The fraction of sp³-hybridized carbons (Fsp3) is 0.826. The highest BCUT2D eigenvalue weighted by Crippen LogP contribution is 2.47. The highest BCUT2D eigenvalue weighted by atomic mass is 16.3. The molecule has 3 atom stereocenters. The van der Waals surface area contributed by atoms with Crippen LogP contribution >= 0.6 is 0 Å². The Hall–Kier alpha value is -0.600. The minimum absolute atomic E-state index is 0.0975. The normalized spacial score (nSPS) is 30.0. The summed E-state index contributed by atoms with van der Waals surface area (Å²) in [5, 5.41) is 10.3. The Balaban J connectivity index is 1.69. The molecule has 0 amide bonds. The van der Waals surface area contributed by atoms with Gasteiger partial charge >= 0.3 is 0 Å². The molecule has 1 aliphatic heterocycles. The topological polar surface area (TPSA) is 23.5 Å². The summed E-state index contributed by atoms with van der Waals surface area (Å²) in [6.45, 7) is 14.9. The molecule has 2 nitrogen and oxygen atoms in total. The lowest BCUT2D eigenvalue weighted by Gasteiger charge is -2.51. The van der Waals surface area contributed by atoms with Gasteiger partial charge < -0.3 is 10.0 Å². The molecule has 0 aromatic rings. The van der Waals surface area contributed by atoms with E-state index in [1.807, 2.05) is 0 Å². The second-order valence-electron chi connectivity index (χ2n) is 9.38. The van der Waals surface area contributed by atoms with Crippen LogP contribution < -0.4 is 0 Å². The van der Waals surface area contributed by atoms with Crippen molar-refractivity contribution in [2.24, 2.45) is 17.3 Å². The van der Waals surface area contributed by atoms with Gasteiger partial charge in [-0.05, 0) is 96.1 Å². The van der Waals surface area contributed by atoms with Gasteiger partial charge in [0.1, 0.15) is 0 Å². The molecule has 2 fully saturated rings. The predicted octanol–water partition coefficient (Wildman–Crippen LogP) is 5.58. The zero-order valence-corrected chi connectivity index (χ0v) is 17.4. The van der Waals surface area contributed by atoms with Gasteiger partial charge in [-0.1, -0.05) is 37.1 Å². The minimum atomic E-state index is -0.0975. The van der Waals surface area contributed by atoms with E-state index in [-0.39, 0.29) is 11.5 Å². The molecule has 0 aromatic carbocycles. The molecule has 1 N–H and O–H groups in total. The van der Waals surface area contributed by atoms with Crippen molar-refractivity contribution in [2.45, 2.75) is 85.7 Å². The van der Waals surface area contributed by atoms with Gasteiger partial charge in [-0.25, -0.2) is 0 Å². The van der Waals surface area contributed by atoms with Crippen LogP contribution in [0.3, 0.4) is 0 Å². The monoisotopic (exact) mass is 347 g/mol. The van der Waals surface area contributed by atoms with Crippen LogP contribution in [0.25, 0.3) is 0 Å². The molecule has 1 heterocycles. The van der Waals surface area contributed by atoms with Crippen molar-refractivity contribution >= 4 is 0 Å². The third-order valence-corrected chi connectivity index (χ3v) is 6.71. The van der Waals surface area contributed by atoms with E-state index in [9.17, 15) is 5.11 Å². The fourth-order valence-electron chi connectivity index (χ4n) is 4.93. The molecule has 2 aliphatic rings. The van der Waals surface area contributed by atoms with E-state index in [2.05, 4.69) is 51.7 Å². The summed E-state index contributed by atoms with van der Waals surface area (Å²) in [6.07, 6.45) is 13.1. The van der Waals surface area contributed by atoms with Gasteiger partial charge in [0.05, 0.1) is 6.10 Å². The summed E-state index contributed by atoms with van der Waals surface area (Å²) in [4.78, 5) is 2.68. The third-order valence-electron chi connectivity index (χ3n) is 6.71. The second-order valence-corrected chi connectivity index (χ2v) is 9.38. The molecule has 0 bridgehead atoms. The van der Waals surface area contributed by atoms with Crippen molar-refractivity contribution in [2.75, 3.05) is 19.6 Å². The van der Waals surface area contributed by atoms with E-state index in [0.717, 1.165) is 12.3 Å². The first-order chi connectivity index (χ1) is 11.8. The van der Waals surface area contributed by atoms with Gasteiger partial charge in [0.2, 0.25) is 0 Å². The van der Waals surface area contributed by atoms with Gasteiger partial charge in [-0.15, -0.1) is 0 Å². The highest BCUT2D eigenvalue weighted by Gasteiger charge is 2.46. The van der Waals surface area contributed by atoms with Crippen LogP contribution in [-0.2, 0) is 0 Å². The van der Waals surface area contributed by atoms with E-state index < -0.39 is 0 Å². The molecule has 0 aromatic heterocycles. The van der Waals surface area contributed by atoms with Gasteiger partial charge in [-0.2, -0.15) is 0 Å². The summed E-state index contributed by atoms with van der Waals surface area (Å²) < 4.78 is 0. The van der Waals surface area contributed by atoms with Crippen molar-refractivity contribution in [3.8, 4) is 0 Å². The van der Waals surface area contributed by atoms with Crippen LogP contribution in [0, 0.1) is 17.3 Å². The summed E-state index contributed by atoms with van der Waals surface area (Å²) in [5.74, 6) is 1.51. The molecular weight excluding hydrogens is 306 g/mol. The third kappa shape index (κ3) is 5.96. The summed E-state index contributed by atoms with van der Waals surface area (Å²) >= 11 is 0. The zero-order chi connectivity index (χ0) is 18.4. The maximum Gasteiger partial charge on any atom is 0.0594 e. The number of rotatable bonds is 7. The van der Waals surface area contributed by atoms with Gasteiger partial charge in [-0.3, -0.25) is 0 Å². The van der Waals surface area contributed by atoms with Crippen molar-refractivity contribution in [3.05, 3.63) is 23.3 Å². The minimum Gasteiger partial charge on any atom is -0.393 e. The van der Waals surface area contributed by atoms with Crippen LogP contribution in [0.5, 0.6) is 0 Å². The number of allylic oxidation sites excluding steroid dienone is 4. The van der Waals surface area contributed by atoms with Crippen molar-refractivity contribution in [1.29, 1.82) is 0 Å². The van der Waals surface area contributed by atoms with E-state index in [4.69, 9.17) is 0 Å². The number of aliphatic hydroxyl groups is 1. The first-order valence-electron chi connectivity index (χ1n) is 10.5. The number of nitrogens with zero attached hydrogens (tertiary/aromatic N) is 1. The SMILES string of the molecule is CC(C)=CCC/C(C)=C/CCCN1CC[C@@H]2[C@H](CC[C@H](O)C2(C)C)C1. The maximum absolute atomic E-state index is 10.3. The molecule has 1 saturated heterocycles. The lowest BCUT2D eigenvalue weighted by Crippen LogP contribution is -2.52. The average Bonchev–Trinajstić information content (AvgIpc) is 2.55. The first kappa shape index (κ1) is 20.7. The van der Waals surface area contributed by atoms with Gasteiger partial charge in [0, 0.05) is 6.54 Å². The fourth-order valence-corrected chi connectivity index (χ4v) is 4.93. The van der Waals surface area contributed by atoms with Crippen LogP contribution in [0.4, 0.5) is 0 Å². The standard InChI is InChI=1S/C23H41NO/c1-18(2)9-8-11-19(3)10-6-7-15-24-16-14-21-20(17-24)12-13-22(25)23(21,4)5/h9-10,20-22,25H,6-8,11-17H2,1-5H3/b19-10+/t20-,21-,22+/m1/s1. The quantitative estimate of drug-likeness (QED) is 0.480. The molecule has 1 saturated carbocycles. The van der Waals surface area contributed by atoms with Crippen LogP contribution in [0.1, 0.15) is 79.6 Å². The Morgan fingerprint density at radius 1 is 1.08 bits per heavy atom. The lowest BCUT2D eigenvalue weighted by atomic mass is 9.59. The largest absolute Gasteiger partial charge is 0.393 e. The maximum atomic E-state index is 10.3. The highest BCUT2D eigenvalue weighted by molar-refractivity contribution is 5.02. The van der Waals surface area contributed by atoms with Gasteiger partial charge in [0.15, 0.2) is 0 Å². The predicted molar refractivity (Wildman–Crippen MR) is 109 cm³/mol. The van der Waals surface area contributed by atoms with E-state index in [0.29, 0.717) is 5.92 Å². The molecule has 144 valence electrons. The first-order valence-corrected chi connectivity index (χ1v) is 10.5. The lowest BCUT2D eigenvalue weighted by molar-refractivity contribution is -0.0846. The van der Waals surface area contributed by atoms with Gasteiger partial charge in [0.25, 0.3) is 0 Å². The Morgan fingerprint density at radius 3 is 2.56 bits per heavy atom. The number of hydrogen-bond donors (Lipinski definition) is 1. The van der Waals surface area contributed by atoms with E-state index in [1.54, 1.807) is 5.57 Å². The number of likely N-dealkylation sites (tertiary alicyclic amines) is 1. The molecule has 1 aliphatic carbocycles. The Kier molecular flexibility index (Phi) is 7.76. The molecule has 0 radical (unpaired) electrons. The number of fused-ring (bicyclic) bond motifs is 1. The smallest absolute Gasteiger partial charge is 0.0594 e. The summed E-state index contributed by atoms with van der Waals surface area (Å²) in [5.41, 5.74) is 3.08. The number of unbranched alkanes of at least 4 members (excludes halogenated alkanes) is 1. The van der Waals surface area contributed by atoms with E-state index >= 15 is 0 Å².